The van der Waals surface area contributed by atoms with Crippen molar-refractivity contribution >= 4 is 11.8 Å². The van der Waals surface area contributed by atoms with Crippen molar-refractivity contribution in [3.05, 3.63) is 0 Å². The van der Waals surface area contributed by atoms with Crippen LogP contribution in [0.4, 0.5) is 0 Å². The molecule has 0 saturated heterocycles. The van der Waals surface area contributed by atoms with Gasteiger partial charge in [0, 0.05) is 12.6 Å². The Morgan fingerprint density at radius 2 is 1.80 bits per heavy atom. The van der Waals surface area contributed by atoms with Crippen LogP contribution in [0.1, 0.15) is 71.6 Å². The van der Waals surface area contributed by atoms with Gasteiger partial charge in [-0.05, 0) is 25.2 Å². The Labute approximate surface area is 123 Å². The molecule has 1 fully saturated rings. The minimum Gasteiger partial charge on any atom is -0.348 e. The number of carbonyl (C=O) groups is 2. The molecule has 0 aromatic carbocycles. The van der Waals surface area contributed by atoms with E-state index >= 15 is 0 Å². The van der Waals surface area contributed by atoms with E-state index in [1.54, 1.807) is 0 Å². The van der Waals surface area contributed by atoms with Crippen molar-refractivity contribution in [1.29, 1.82) is 0 Å². The Hall–Kier alpha value is -1.06. The highest BCUT2D eigenvalue weighted by atomic mass is 16.2. The number of hydrogen-bond acceptors (Lipinski definition) is 2. The molecule has 0 bridgehead atoms. The van der Waals surface area contributed by atoms with E-state index in [4.69, 9.17) is 0 Å². The molecule has 0 aromatic heterocycles. The predicted molar refractivity (Wildman–Crippen MR) is 81.3 cm³/mol. The molecule has 20 heavy (non-hydrogen) atoms. The molecule has 1 rings (SSSR count). The minimum atomic E-state index is -0.467. The summed E-state index contributed by atoms with van der Waals surface area (Å²) in [4.78, 5) is 23.6. The van der Waals surface area contributed by atoms with Gasteiger partial charge in [-0.3, -0.25) is 9.59 Å². The predicted octanol–water partition coefficient (Wildman–Crippen LogP) is 2.77. The summed E-state index contributed by atoms with van der Waals surface area (Å²) in [5.74, 6) is -0.436. The maximum Gasteiger partial charge on any atom is 0.309 e. The smallest absolute Gasteiger partial charge is 0.309 e. The molecule has 4 heteroatoms. The summed E-state index contributed by atoms with van der Waals surface area (Å²) < 4.78 is 0. The lowest BCUT2D eigenvalue weighted by molar-refractivity contribution is -0.139. The van der Waals surface area contributed by atoms with E-state index in [2.05, 4.69) is 24.5 Å². The highest BCUT2D eigenvalue weighted by Crippen LogP contribution is 2.17. The summed E-state index contributed by atoms with van der Waals surface area (Å²) in [6, 6.07) is 0.198. The zero-order valence-corrected chi connectivity index (χ0v) is 13.0. The van der Waals surface area contributed by atoms with E-state index in [9.17, 15) is 9.59 Å². The Morgan fingerprint density at radius 3 is 2.40 bits per heavy atom. The molecule has 1 aliphatic rings. The first kappa shape index (κ1) is 17.0. The number of unbranched alkanes of at least 4 members (excludes halogenated alkanes) is 1. The number of hydrogen-bond donors (Lipinski definition) is 2. The Kier molecular flexibility index (Phi) is 8.31. The van der Waals surface area contributed by atoms with Gasteiger partial charge in [-0.1, -0.05) is 52.4 Å². The second-order valence-corrected chi connectivity index (χ2v) is 5.93. The van der Waals surface area contributed by atoms with Crippen LogP contribution < -0.4 is 10.6 Å². The molecule has 0 spiro atoms. The summed E-state index contributed by atoms with van der Waals surface area (Å²) in [5.41, 5.74) is 0. The molecule has 0 aromatic rings. The van der Waals surface area contributed by atoms with Crippen LogP contribution in [0.15, 0.2) is 0 Å². The second kappa shape index (κ2) is 9.78. The van der Waals surface area contributed by atoms with Crippen molar-refractivity contribution in [3.63, 3.8) is 0 Å². The van der Waals surface area contributed by atoms with Gasteiger partial charge in [0.1, 0.15) is 0 Å². The van der Waals surface area contributed by atoms with Crippen LogP contribution >= 0.6 is 0 Å². The number of carbonyl (C=O) groups excluding carboxylic acids is 2. The fourth-order valence-electron chi connectivity index (χ4n) is 2.76. The van der Waals surface area contributed by atoms with Crippen molar-refractivity contribution in [2.75, 3.05) is 6.54 Å². The molecular formula is C16H30N2O2. The molecule has 2 N–H and O–H groups in total. The first-order chi connectivity index (χ1) is 9.67. The summed E-state index contributed by atoms with van der Waals surface area (Å²) in [6.07, 6.45) is 10.1. The zero-order valence-electron chi connectivity index (χ0n) is 13.0. The van der Waals surface area contributed by atoms with Gasteiger partial charge >= 0.3 is 11.8 Å². The molecule has 0 unspecified atom stereocenters. The zero-order chi connectivity index (χ0) is 14.8. The van der Waals surface area contributed by atoms with Crippen LogP contribution in [0.2, 0.25) is 0 Å². The molecular weight excluding hydrogens is 252 g/mol. The number of rotatable bonds is 7. The topological polar surface area (TPSA) is 58.2 Å². The van der Waals surface area contributed by atoms with Gasteiger partial charge in [-0.25, -0.2) is 0 Å². The van der Waals surface area contributed by atoms with Gasteiger partial charge in [0.15, 0.2) is 0 Å². The molecule has 4 nitrogen and oxygen atoms in total. The molecule has 0 heterocycles. The Balaban J connectivity index is 2.24. The van der Waals surface area contributed by atoms with Crippen LogP contribution in [0.5, 0.6) is 0 Å². The van der Waals surface area contributed by atoms with E-state index in [0.717, 1.165) is 38.5 Å². The van der Waals surface area contributed by atoms with E-state index in [0.29, 0.717) is 12.5 Å². The molecule has 0 aliphatic heterocycles. The summed E-state index contributed by atoms with van der Waals surface area (Å²) in [7, 11) is 0. The molecule has 0 radical (unpaired) electrons. The Bertz CT molecular complexity index is 299. The standard InChI is InChI=1S/C16H30N2O2/c1-3-5-9-13(4-2)12-17-15(19)16(20)18-14-10-7-6-8-11-14/h13-14H,3-12H2,1-2H3,(H,17,19)(H,18,20)/t13-/m0/s1. The lowest BCUT2D eigenvalue weighted by atomic mass is 9.95. The first-order valence-electron chi connectivity index (χ1n) is 8.26. The van der Waals surface area contributed by atoms with E-state index in [1.165, 1.54) is 19.3 Å². The maximum atomic E-state index is 11.8. The van der Waals surface area contributed by atoms with Gasteiger partial charge in [-0.2, -0.15) is 0 Å². The Morgan fingerprint density at radius 1 is 1.10 bits per heavy atom. The van der Waals surface area contributed by atoms with E-state index < -0.39 is 11.8 Å². The minimum absolute atomic E-state index is 0.198. The fraction of sp³-hybridized carbons (Fsp3) is 0.875. The van der Waals surface area contributed by atoms with Crippen LogP contribution in [-0.2, 0) is 9.59 Å². The monoisotopic (exact) mass is 282 g/mol. The van der Waals surface area contributed by atoms with Gasteiger partial charge in [0.25, 0.3) is 0 Å². The third-order valence-corrected chi connectivity index (χ3v) is 4.24. The number of amides is 2. The normalized spacial score (nSPS) is 17.5. The molecule has 116 valence electrons. The van der Waals surface area contributed by atoms with Gasteiger partial charge < -0.3 is 10.6 Å². The maximum absolute atomic E-state index is 11.8. The average molecular weight is 282 g/mol. The lowest BCUT2D eigenvalue weighted by Gasteiger charge is -2.22. The molecule has 2 amide bonds. The molecule has 1 atom stereocenters. The van der Waals surface area contributed by atoms with Crippen LogP contribution in [0.3, 0.4) is 0 Å². The van der Waals surface area contributed by atoms with Gasteiger partial charge in [0.2, 0.25) is 0 Å². The van der Waals surface area contributed by atoms with Crippen molar-refractivity contribution in [3.8, 4) is 0 Å². The molecule has 1 aliphatic carbocycles. The largest absolute Gasteiger partial charge is 0.348 e. The third kappa shape index (κ3) is 6.40. The molecule has 1 saturated carbocycles. The van der Waals surface area contributed by atoms with Crippen molar-refractivity contribution in [2.45, 2.75) is 77.7 Å². The third-order valence-electron chi connectivity index (χ3n) is 4.24. The second-order valence-electron chi connectivity index (χ2n) is 5.93. The first-order valence-corrected chi connectivity index (χ1v) is 8.26. The average Bonchev–Trinajstić information content (AvgIpc) is 2.48. The number of nitrogens with one attached hydrogen (secondary N) is 2. The summed E-state index contributed by atoms with van der Waals surface area (Å²) >= 11 is 0. The van der Waals surface area contributed by atoms with Crippen LogP contribution in [0.25, 0.3) is 0 Å². The van der Waals surface area contributed by atoms with Crippen molar-refractivity contribution < 1.29 is 9.59 Å². The SMILES string of the molecule is CCCC[C@H](CC)CNC(=O)C(=O)NC1CCCCC1. The summed E-state index contributed by atoms with van der Waals surface area (Å²) in [6.45, 7) is 4.92. The van der Waals surface area contributed by atoms with Crippen molar-refractivity contribution in [1.82, 2.24) is 10.6 Å². The van der Waals surface area contributed by atoms with Gasteiger partial charge in [-0.15, -0.1) is 0 Å². The summed E-state index contributed by atoms with van der Waals surface area (Å²) in [5, 5.41) is 5.63. The highest BCUT2D eigenvalue weighted by molar-refractivity contribution is 6.35. The lowest BCUT2D eigenvalue weighted by Crippen LogP contribution is -2.46. The highest BCUT2D eigenvalue weighted by Gasteiger charge is 2.20. The van der Waals surface area contributed by atoms with Gasteiger partial charge in [0.05, 0.1) is 0 Å². The van der Waals surface area contributed by atoms with E-state index in [1.807, 2.05) is 0 Å². The quantitative estimate of drug-likeness (QED) is 0.705. The fourth-order valence-corrected chi connectivity index (χ4v) is 2.76. The van der Waals surface area contributed by atoms with E-state index in [-0.39, 0.29) is 6.04 Å². The van der Waals surface area contributed by atoms with Crippen molar-refractivity contribution in [2.24, 2.45) is 5.92 Å². The van der Waals surface area contributed by atoms with Crippen LogP contribution in [0, 0.1) is 5.92 Å². The van der Waals surface area contributed by atoms with Crippen LogP contribution in [-0.4, -0.2) is 24.4 Å².